The highest BCUT2D eigenvalue weighted by molar-refractivity contribution is 6.00. The van der Waals surface area contributed by atoms with E-state index in [0.29, 0.717) is 12.8 Å². The van der Waals surface area contributed by atoms with Gasteiger partial charge >= 0.3 is 5.97 Å². The van der Waals surface area contributed by atoms with Crippen LogP contribution in [0, 0.1) is 17.3 Å². The number of ketones is 1. The summed E-state index contributed by atoms with van der Waals surface area (Å²) in [6.45, 7) is 6.70. The number of ether oxygens (including phenoxy) is 2. The lowest BCUT2D eigenvalue weighted by Gasteiger charge is -2.45. The van der Waals surface area contributed by atoms with Gasteiger partial charge in [-0.1, -0.05) is 37.3 Å². The first-order chi connectivity index (χ1) is 18.1. The Morgan fingerprint density at radius 3 is 2.79 bits per heavy atom. The van der Waals surface area contributed by atoms with Crippen molar-refractivity contribution in [2.45, 2.75) is 57.7 Å². The van der Waals surface area contributed by atoms with Gasteiger partial charge in [0.25, 0.3) is 0 Å². The molecule has 6 heteroatoms. The number of hydrogen-bond donors (Lipinski definition) is 0. The lowest BCUT2D eigenvalue weighted by Crippen LogP contribution is -2.42. The van der Waals surface area contributed by atoms with Gasteiger partial charge < -0.3 is 14.4 Å². The van der Waals surface area contributed by atoms with E-state index >= 15 is 0 Å². The van der Waals surface area contributed by atoms with E-state index in [1.807, 2.05) is 26.5 Å². The van der Waals surface area contributed by atoms with Crippen LogP contribution in [0.15, 0.2) is 71.8 Å². The minimum atomic E-state index is -0.726. The highest BCUT2D eigenvalue weighted by Gasteiger charge is 2.63. The van der Waals surface area contributed by atoms with Crippen LogP contribution in [0.4, 0.5) is 0 Å². The summed E-state index contributed by atoms with van der Waals surface area (Å²) in [6.07, 6.45) is 12.0. The van der Waals surface area contributed by atoms with Crippen molar-refractivity contribution in [2.75, 3.05) is 20.6 Å². The van der Waals surface area contributed by atoms with Gasteiger partial charge in [-0.05, 0) is 62.0 Å². The number of nitrogens with zero attached hydrogens (tertiary/aromatic N) is 2. The molecule has 0 bridgehead atoms. The SMILES string of the molecule is CC(=O)OC1(C)C[C@H]2[C@@H]3OC4=C(C=C3C=C[C@]2(C)[C@H]1c1cccc2cnccc12)C(=O)CC(CN(C)C)C4. The molecule has 6 rings (SSSR count). The zero-order valence-electron chi connectivity index (χ0n) is 22.9. The second-order valence-electron chi connectivity index (χ2n) is 12.3. The number of rotatable bonds is 4. The van der Waals surface area contributed by atoms with Gasteiger partial charge in [-0.3, -0.25) is 14.6 Å². The highest BCUT2D eigenvalue weighted by atomic mass is 16.6. The average Bonchev–Trinajstić information content (AvgIpc) is 3.08. The van der Waals surface area contributed by atoms with E-state index < -0.39 is 5.60 Å². The Morgan fingerprint density at radius 2 is 2.03 bits per heavy atom. The molecule has 0 spiro atoms. The Bertz CT molecular complexity index is 1420. The maximum absolute atomic E-state index is 13.1. The minimum Gasteiger partial charge on any atom is -0.489 e. The van der Waals surface area contributed by atoms with Crippen molar-refractivity contribution in [3.8, 4) is 0 Å². The molecule has 4 aliphatic rings. The van der Waals surface area contributed by atoms with E-state index in [4.69, 9.17) is 9.47 Å². The molecule has 2 aromatic rings. The second kappa shape index (κ2) is 8.91. The minimum absolute atomic E-state index is 0.0728. The van der Waals surface area contributed by atoms with Crippen molar-refractivity contribution in [3.05, 3.63) is 77.4 Å². The number of allylic oxidation sites excluding steroid dienone is 4. The Balaban J connectivity index is 1.44. The van der Waals surface area contributed by atoms with Crippen molar-refractivity contribution >= 4 is 22.5 Å². The van der Waals surface area contributed by atoms with Crippen LogP contribution >= 0.6 is 0 Å². The first-order valence-electron chi connectivity index (χ1n) is 13.6. The van der Waals surface area contributed by atoms with E-state index in [-0.39, 0.29) is 41.0 Å². The van der Waals surface area contributed by atoms with Crippen LogP contribution in [0.1, 0.15) is 51.5 Å². The van der Waals surface area contributed by atoms with Crippen LogP contribution in [0.5, 0.6) is 0 Å². The van der Waals surface area contributed by atoms with Gasteiger partial charge in [-0.15, -0.1) is 0 Å². The molecule has 1 aliphatic heterocycles. The molecular formula is C32H36N2O4. The maximum Gasteiger partial charge on any atom is 0.303 e. The number of carbonyl (C=O) groups is 2. The fourth-order valence-electron chi connectivity index (χ4n) is 7.89. The first-order valence-corrected chi connectivity index (χ1v) is 13.6. The summed E-state index contributed by atoms with van der Waals surface area (Å²) in [5.74, 6) is 0.964. The second-order valence-corrected chi connectivity index (χ2v) is 12.3. The van der Waals surface area contributed by atoms with Crippen molar-refractivity contribution in [3.63, 3.8) is 0 Å². The molecule has 2 heterocycles. The van der Waals surface area contributed by atoms with Gasteiger partial charge in [-0.2, -0.15) is 0 Å². The monoisotopic (exact) mass is 512 g/mol. The topological polar surface area (TPSA) is 68.7 Å². The number of pyridine rings is 1. The summed E-state index contributed by atoms with van der Waals surface area (Å²) in [6, 6.07) is 8.36. The number of carbonyl (C=O) groups excluding carboxylic acids is 2. The van der Waals surface area contributed by atoms with E-state index in [1.54, 1.807) is 0 Å². The van der Waals surface area contributed by atoms with E-state index in [1.165, 1.54) is 6.92 Å². The van der Waals surface area contributed by atoms with Crippen LogP contribution in [0.25, 0.3) is 10.8 Å². The number of esters is 1. The summed E-state index contributed by atoms with van der Waals surface area (Å²) in [4.78, 5) is 32.0. The Labute approximate surface area is 224 Å². The van der Waals surface area contributed by atoms with Crippen LogP contribution in [0.2, 0.25) is 0 Å². The lowest BCUT2D eigenvalue weighted by molar-refractivity contribution is -0.157. The number of aromatic nitrogens is 1. The quantitative estimate of drug-likeness (QED) is 0.514. The normalized spacial score (nSPS) is 33.9. The number of Topliss-reactive ketones (excluding diaryl/α,β-unsaturated/α-hetero) is 1. The average molecular weight is 513 g/mol. The molecule has 1 aromatic heterocycles. The number of hydrogen-bond acceptors (Lipinski definition) is 6. The fourth-order valence-corrected chi connectivity index (χ4v) is 7.89. The lowest BCUT2D eigenvalue weighted by atomic mass is 9.63. The molecule has 6 nitrogen and oxygen atoms in total. The number of benzene rings is 1. The smallest absolute Gasteiger partial charge is 0.303 e. The van der Waals surface area contributed by atoms with Gasteiger partial charge in [-0.25, -0.2) is 0 Å². The van der Waals surface area contributed by atoms with Gasteiger partial charge in [0.1, 0.15) is 17.5 Å². The Hall–Kier alpha value is -3.25. The van der Waals surface area contributed by atoms with Gasteiger partial charge in [0.05, 0.1) is 5.57 Å². The third kappa shape index (κ3) is 3.92. The predicted molar refractivity (Wildman–Crippen MR) is 146 cm³/mol. The summed E-state index contributed by atoms with van der Waals surface area (Å²) < 4.78 is 13.0. The van der Waals surface area contributed by atoms with E-state index in [0.717, 1.165) is 46.2 Å². The standard InChI is InChI=1S/C32H36N2O4/c1-19(35)38-32(3)16-26-29-21(15-25-27(36)13-20(18-34(4)5)14-28(25)37-29)9-11-31(26,2)30(32)24-8-6-7-22-17-33-12-10-23(22)24/h6-12,15,17,20,26,29-30H,13-14,16,18H2,1-5H3/t20?,26-,29+,30+,31-,32?/m0/s1. The molecular weight excluding hydrogens is 476 g/mol. The molecule has 38 heavy (non-hydrogen) atoms. The summed E-state index contributed by atoms with van der Waals surface area (Å²) in [7, 11) is 4.09. The predicted octanol–water partition coefficient (Wildman–Crippen LogP) is 5.36. The molecule has 198 valence electrons. The zero-order chi connectivity index (χ0) is 26.8. The van der Waals surface area contributed by atoms with Crippen molar-refractivity contribution < 1.29 is 19.1 Å². The Kier molecular flexibility index (Phi) is 5.87. The molecule has 1 saturated carbocycles. The van der Waals surface area contributed by atoms with Crippen LogP contribution in [-0.2, 0) is 19.1 Å². The molecule has 1 fully saturated rings. The van der Waals surface area contributed by atoms with Crippen LogP contribution in [0.3, 0.4) is 0 Å². The molecule has 1 aromatic carbocycles. The molecule has 3 aliphatic carbocycles. The summed E-state index contributed by atoms with van der Waals surface area (Å²) in [5.41, 5.74) is 1.88. The first kappa shape index (κ1) is 25.1. The van der Waals surface area contributed by atoms with Gasteiger partial charge in [0.15, 0.2) is 5.78 Å². The molecule has 0 radical (unpaired) electrons. The highest BCUT2D eigenvalue weighted by Crippen LogP contribution is 2.65. The van der Waals surface area contributed by atoms with Gasteiger partial charge in [0, 0.05) is 61.3 Å². The fraction of sp³-hybridized carbons (Fsp3) is 0.469. The van der Waals surface area contributed by atoms with E-state index in [9.17, 15) is 9.59 Å². The summed E-state index contributed by atoms with van der Waals surface area (Å²) >= 11 is 0. The van der Waals surface area contributed by atoms with Gasteiger partial charge in [0.2, 0.25) is 0 Å². The maximum atomic E-state index is 13.1. The van der Waals surface area contributed by atoms with Crippen molar-refractivity contribution in [1.29, 1.82) is 0 Å². The molecule has 0 amide bonds. The van der Waals surface area contributed by atoms with Crippen LogP contribution < -0.4 is 0 Å². The molecule has 0 saturated heterocycles. The summed E-state index contributed by atoms with van der Waals surface area (Å²) in [5, 5.41) is 2.19. The van der Waals surface area contributed by atoms with Crippen LogP contribution in [-0.4, -0.2) is 54.0 Å². The third-order valence-corrected chi connectivity index (χ3v) is 9.14. The third-order valence-electron chi connectivity index (χ3n) is 9.14. The largest absolute Gasteiger partial charge is 0.489 e. The Morgan fingerprint density at radius 1 is 1.21 bits per heavy atom. The number of fused-ring (bicyclic) bond motifs is 4. The molecule has 2 unspecified atom stereocenters. The molecule has 6 atom stereocenters. The van der Waals surface area contributed by atoms with Crippen molar-refractivity contribution in [1.82, 2.24) is 9.88 Å². The van der Waals surface area contributed by atoms with E-state index in [2.05, 4.69) is 66.2 Å². The molecule has 0 N–H and O–H groups in total. The van der Waals surface area contributed by atoms with Crippen molar-refractivity contribution in [2.24, 2.45) is 17.3 Å². The zero-order valence-corrected chi connectivity index (χ0v) is 22.9.